The molecule has 0 aromatic heterocycles. The lowest BCUT2D eigenvalue weighted by Gasteiger charge is -2.37. The lowest BCUT2D eigenvalue weighted by atomic mass is 10.0. The van der Waals surface area contributed by atoms with Crippen LogP contribution in [0.25, 0.3) is 10.8 Å². The van der Waals surface area contributed by atoms with Crippen LogP contribution in [0.1, 0.15) is 24.2 Å². The Kier molecular flexibility index (Phi) is 6.28. The number of anilines is 2. The SMILES string of the molecule is CC(C)C(=O)N1CCN(c2ccccc2NC(=O)c2cccc3c(Br)cccc23)CC1. The Morgan fingerprint density at radius 3 is 2.29 bits per heavy atom. The largest absolute Gasteiger partial charge is 0.366 e. The molecule has 0 unspecified atom stereocenters. The van der Waals surface area contributed by atoms with E-state index in [-0.39, 0.29) is 17.7 Å². The molecule has 0 spiro atoms. The fourth-order valence-corrected chi connectivity index (χ4v) is 4.55. The summed E-state index contributed by atoms with van der Waals surface area (Å²) in [5.41, 5.74) is 2.40. The van der Waals surface area contributed by atoms with E-state index in [1.807, 2.05) is 79.4 Å². The first-order valence-corrected chi connectivity index (χ1v) is 11.4. The van der Waals surface area contributed by atoms with E-state index in [1.165, 1.54) is 0 Å². The third kappa shape index (κ3) is 4.44. The van der Waals surface area contributed by atoms with E-state index in [4.69, 9.17) is 0 Å². The molecule has 1 heterocycles. The van der Waals surface area contributed by atoms with Gasteiger partial charge in [0.15, 0.2) is 0 Å². The van der Waals surface area contributed by atoms with Gasteiger partial charge in [-0.05, 0) is 35.0 Å². The second kappa shape index (κ2) is 9.10. The zero-order valence-electron chi connectivity index (χ0n) is 17.8. The maximum Gasteiger partial charge on any atom is 0.256 e. The number of carbonyl (C=O) groups excluding carboxylic acids is 2. The van der Waals surface area contributed by atoms with Crippen LogP contribution in [0.15, 0.2) is 65.1 Å². The van der Waals surface area contributed by atoms with Gasteiger partial charge in [-0.3, -0.25) is 9.59 Å². The Labute approximate surface area is 191 Å². The highest BCUT2D eigenvalue weighted by Gasteiger charge is 2.24. The predicted octanol–water partition coefficient (Wildman–Crippen LogP) is 5.16. The second-order valence-electron chi connectivity index (χ2n) is 8.08. The third-order valence-corrected chi connectivity index (χ3v) is 6.38. The van der Waals surface area contributed by atoms with Crippen LogP contribution in [-0.2, 0) is 4.79 Å². The molecule has 31 heavy (non-hydrogen) atoms. The fourth-order valence-electron chi connectivity index (χ4n) is 4.05. The molecule has 1 saturated heterocycles. The molecule has 1 fully saturated rings. The quantitative estimate of drug-likeness (QED) is 0.562. The van der Waals surface area contributed by atoms with E-state index in [9.17, 15) is 9.59 Å². The van der Waals surface area contributed by atoms with Crippen molar-refractivity contribution in [2.45, 2.75) is 13.8 Å². The molecule has 160 valence electrons. The zero-order valence-corrected chi connectivity index (χ0v) is 19.4. The van der Waals surface area contributed by atoms with E-state index in [0.29, 0.717) is 18.7 Å². The van der Waals surface area contributed by atoms with Gasteiger partial charge in [-0.1, -0.05) is 66.2 Å². The summed E-state index contributed by atoms with van der Waals surface area (Å²) in [6.07, 6.45) is 0. The number of amides is 2. The monoisotopic (exact) mass is 479 g/mol. The van der Waals surface area contributed by atoms with Crippen LogP contribution in [0.4, 0.5) is 11.4 Å². The summed E-state index contributed by atoms with van der Waals surface area (Å²) in [6.45, 7) is 6.74. The van der Waals surface area contributed by atoms with Crippen molar-refractivity contribution in [2.24, 2.45) is 5.92 Å². The zero-order chi connectivity index (χ0) is 22.0. The normalized spacial score (nSPS) is 14.2. The van der Waals surface area contributed by atoms with E-state index in [1.54, 1.807) is 0 Å². The van der Waals surface area contributed by atoms with Crippen molar-refractivity contribution in [1.82, 2.24) is 4.90 Å². The van der Waals surface area contributed by atoms with Gasteiger partial charge in [0, 0.05) is 42.1 Å². The predicted molar refractivity (Wildman–Crippen MR) is 130 cm³/mol. The summed E-state index contributed by atoms with van der Waals surface area (Å²) < 4.78 is 0.967. The van der Waals surface area contributed by atoms with Crippen LogP contribution in [0.5, 0.6) is 0 Å². The average molecular weight is 480 g/mol. The molecule has 0 bridgehead atoms. The first-order valence-electron chi connectivity index (χ1n) is 10.6. The Morgan fingerprint density at radius 1 is 0.871 bits per heavy atom. The Balaban J connectivity index is 1.55. The minimum absolute atomic E-state index is 0.0128. The van der Waals surface area contributed by atoms with Crippen LogP contribution in [0.3, 0.4) is 0 Å². The number of carbonyl (C=O) groups is 2. The topological polar surface area (TPSA) is 52.7 Å². The van der Waals surface area contributed by atoms with Crippen LogP contribution in [-0.4, -0.2) is 42.9 Å². The van der Waals surface area contributed by atoms with Gasteiger partial charge in [-0.15, -0.1) is 0 Å². The van der Waals surface area contributed by atoms with Gasteiger partial charge in [0.2, 0.25) is 5.91 Å². The number of nitrogens with zero attached hydrogens (tertiary/aromatic N) is 2. The lowest BCUT2D eigenvalue weighted by Crippen LogP contribution is -2.50. The van der Waals surface area contributed by atoms with E-state index in [0.717, 1.165) is 39.7 Å². The summed E-state index contributed by atoms with van der Waals surface area (Å²) in [5, 5.41) is 5.03. The van der Waals surface area contributed by atoms with E-state index in [2.05, 4.69) is 26.1 Å². The van der Waals surface area contributed by atoms with Crippen molar-refractivity contribution in [3.05, 3.63) is 70.7 Å². The Morgan fingerprint density at radius 2 is 1.55 bits per heavy atom. The fraction of sp³-hybridized carbons (Fsp3) is 0.280. The van der Waals surface area contributed by atoms with E-state index < -0.39 is 0 Å². The molecule has 0 radical (unpaired) electrons. The summed E-state index contributed by atoms with van der Waals surface area (Å²) in [6, 6.07) is 19.5. The molecular formula is C25H26BrN3O2. The van der Waals surface area contributed by atoms with Crippen molar-refractivity contribution in [3.8, 4) is 0 Å². The number of piperazine rings is 1. The number of halogens is 1. The molecule has 6 heteroatoms. The van der Waals surface area contributed by atoms with Crippen molar-refractivity contribution >= 4 is 49.9 Å². The highest BCUT2D eigenvalue weighted by atomic mass is 79.9. The molecule has 0 aliphatic carbocycles. The van der Waals surface area contributed by atoms with Crippen molar-refractivity contribution in [3.63, 3.8) is 0 Å². The van der Waals surface area contributed by atoms with Crippen molar-refractivity contribution in [2.75, 3.05) is 36.4 Å². The van der Waals surface area contributed by atoms with Gasteiger partial charge >= 0.3 is 0 Å². The molecule has 1 N–H and O–H groups in total. The first-order chi connectivity index (χ1) is 15.0. The van der Waals surface area contributed by atoms with Crippen molar-refractivity contribution < 1.29 is 9.59 Å². The molecule has 1 aliphatic heterocycles. The summed E-state index contributed by atoms with van der Waals surface area (Å²) in [4.78, 5) is 29.6. The standard InChI is InChI=1S/C25H26BrN3O2/c1-17(2)25(31)29-15-13-28(14-16-29)23-12-4-3-11-22(23)27-24(30)20-9-5-8-19-18(20)7-6-10-21(19)26/h3-12,17H,13-16H2,1-2H3,(H,27,30). The van der Waals surface area contributed by atoms with Crippen LogP contribution in [0.2, 0.25) is 0 Å². The van der Waals surface area contributed by atoms with Crippen LogP contribution in [0, 0.1) is 5.92 Å². The lowest BCUT2D eigenvalue weighted by molar-refractivity contribution is -0.134. The van der Waals surface area contributed by atoms with Gasteiger partial charge in [0.05, 0.1) is 11.4 Å². The van der Waals surface area contributed by atoms with Gasteiger partial charge in [0.1, 0.15) is 0 Å². The molecule has 3 aromatic rings. The van der Waals surface area contributed by atoms with Crippen LogP contribution >= 0.6 is 15.9 Å². The number of hydrogen-bond donors (Lipinski definition) is 1. The number of para-hydroxylation sites is 2. The van der Waals surface area contributed by atoms with E-state index >= 15 is 0 Å². The summed E-state index contributed by atoms with van der Waals surface area (Å²) in [5.74, 6) is 0.0759. The second-order valence-corrected chi connectivity index (χ2v) is 8.93. The van der Waals surface area contributed by atoms with Gasteiger partial charge < -0.3 is 15.1 Å². The maximum atomic E-state index is 13.2. The van der Waals surface area contributed by atoms with Crippen molar-refractivity contribution in [1.29, 1.82) is 0 Å². The number of hydrogen-bond acceptors (Lipinski definition) is 3. The molecule has 0 saturated carbocycles. The third-order valence-electron chi connectivity index (χ3n) is 5.69. The first kappa shape index (κ1) is 21.4. The maximum absolute atomic E-state index is 13.2. The number of nitrogens with one attached hydrogen (secondary N) is 1. The van der Waals surface area contributed by atoms with Crippen LogP contribution < -0.4 is 10.2 Å². The average Bonchev–Trinajstić information content (AvgIpc) is 2.79. The molecule has 2 amide bonds. The highest BCUT2D eigenvalue weighted by molar-refractivity contribution is 9.10. The number of fused-ring (bicyclic) bond motifs is 1. The van der Waals surface area contributed by atoms with Gasteiger partial charge in [0.25, 0.3) is 5.91 Å². The molecule has 5 nitrogen and oxygen atoms in total. The Hall–Kier alpha value is -2.86. The summed E-state index contributed by atoms with van der Waals surface area (Å²) in [7, 11) is 0. The number of rotatable bonds is 4. The van der Waals surface area contributed by atoms with Gasteiger partial charge in [-0.2, -0.15) is 0 Å². The molecule has 0 atom stereocenters. The summed E-state index contributed by atoms with van der Waals surface area (Å²) >= 11 is 3.57. The molecule has 4 rings (SSSR count). The van der Waals surface area contributed by atoms with Gasteiger partial charge in [-0.25, -0.2) is 0 Å². The molecular weight excluding hydrogens is 454 g/mol. The molecule has 3 aromatic carbocycles. The smallest absolute Gasteiger partial charge is 0.256 e. The molecule has 1 aliphatic rings. The minimum atomic E-state index is -0.134. The number of benzene rings is 3. The minimum Gasteiger partial charge on any atom is -0.366 e. The Bertz CT molecular complexity index is 1120. The highest BCUT2D eigenvalue weighted by Crippen LogP contribution is 2.30.